The van der Waals surface area contributed by atoms with Crippen molar-refractivity contribution in [1.29, 1.82) is 0 Å². The van der Waals surface area contributed by atoms with Gasteiger partial charge in [0.1, 0.15) is 0 Å². The van der Waals surface area contributed by atoms with E-state index in [1.807, 2.05) is 18.2 Å². The molecule has 0 aliphatic rings. The fourth-order valence-electron chi connectivity index (χ4n) is 1.93. The van der Waals surface area contributed by atoms with Crippen LogP contribution in [-0.2, 0) is 4.79 Å². The molecule has 0 heterocycles. The zero-order valence-electron chi connectivity index (χ0n) is 14.2. The van der Waals surface area contributed by atoms with Crippen LogP contribution in [-0.4, -0.2) is 11.1 Å². The van der Waals surface area contributed by atoms with Gasteiger partial charge in [-0.25, -0.2) is 0 Å². The Balaban J connectivity index is 0. The zero-order valence-corrected chi connectivity index (χ0v) is 16.2. The van der Waals surface area contributed by atoms with Gasteiger partial charge in [-0.05, 0) is 38.5 Å². The van der Waals surface area contributed by atoms with Crippen molar-refractivity contribution in [3.8, 4) is 0 Å². The van der Waals surface area contributed by atoms with E-state index in [-0.39, 0.29) is 41.7 Å². The van der Waals surface area contributed by atoms with Gasteiger partial charge in [0, 0.05) is 6.42 Å². The van der Waals surface area contributed by atoms with Gasteiger partial charge in [-0.2, -0.15) is 0 Å². The minimum Gasteiger partial charge on any atom is -0.875 e. The van der Waals surface area contributed by atoms with Gasteiger partial charge >= 0.3 is 35.5 Å². The van der Waals surface area contributed by atoms with Crippen LogP contribution in [0.15, 0.2) is 36.1 Å². The minimum atomic E-state index is -0.700. The second-order valence-electron chi connectivity index (χ2n) is 5.16. The molecule has 0 unspecified atom stereocenters. The van der Waals surface area contributed by atoms with Crippen molar-refractivity contribution in [3.63, 3.8) is 0 Å². The Hall–Kier alpha value is -0.510. The Morgan fingerprint density at radius 2 is 1.68 bits per heavy atom. The van der Waals surface area contributed by atoms with Gasteiger partial charge in [0.25, 0.3) is 0 Å². The molecule has 0 aromatic carbocycles. The molecule has 0 aliphatic carbocycles. The van der Waals surface area contributed by atoms with Gasteiger partial charge in [-0.3, -0.25) is 4.79 Å². The second-order valence-corrected chi connectivity index (χ2v) is 5.16. The third-order valence-corrected chi connectivity index (χ3v) is 3.13. The predicted octanol–water partition coefficient (Wildman–Crippen LogP) is 1.35. The van der Waals surface area contributed by atoms with Gasteiger partial charge in [-0.15, -0.1) is 5.76 Å². The van der Waals surface area contributed by atoms with E-state index in [9.17, 15) is 9.90 Å². The Morgan fingerprint density at radius 1 is 1.00 bits per heavy atom. The first-order valence-electron chi connectivity index (χ1n) is 8.04. The first-order chi connectivity index (χ1) is 10.2. The van der Waals surface area contributed by atoms with E-state index in [2.05, 4.69) is 13.0 Å². The standard InChI is InChI=1S/C18H30O3.Na/c1-2-3-11-14-17(19)15-12-9-7-5-4-6-8-10-13-16-18(20)21;/h3,7,9,11,15,19H,2,4-6,8,10,12-14,16H2,1H3,(H,20,21);/q;+1/p-1/b9-7-,11-3-,17-15+;. The van der Waals surface area contributed by atoms with Crippen molar-refractivity contribution >= 4 is 5.97 Å². The third-order valence-electron chi connectivity index (χ3n) is 3.13. The summed E-state index contributed by atoms with van der Waals surface area (Å²) in [7, 11) is 0. The maximum atomic E-state index is 11.4. The Bertz CT molecular complexity index is 346. The summed E-state index contributed by atoms with van der Waals surface area (Å²) in [6.07, 6.45) is 18.6. The first-order valence-corrected chi connectivity index (χ1v) is 8.04. The van der Waals surface area contributed by atoms with Crippen LogP contribution in [0.5, 0.6) is 0 Å². The van der Waals surface area contributed by atoms with Gasteiger partial charge in [-0.1, -0.05) is 56.6 Å². The number of allylic oxidation sites excluding steroid dienone is 5. The Morgan fingerprint density at radius 3 is 2.36 bits per heavy atom. The van der Waals surface area contributed by atoms with E-state index in [0.29, 0.717) is 6.42 Å². The molecule has 1 N–H and O–H groups in total. The summed E-state index contributed by atoms with van der Waals surface area (Å²) in [5, 5.41) is 19.9. The number of carboxylic acid groups (broad SMARTS) is 1. The van der Waals surface area contributed by atoms with Crippen molar-refractivity contribution in [2.24, 2.45) is 0 Å². The molecule has 3 nitrogen and oxygen atoms in total. The summed E-state index contributed by atoms with van der Waals surface area (Å²) in [6.45, 7) is 2.06. The first kappa shape index (κ1) is 23.8. The predicted molar refractivity (Wildman–Crippen MR) is 85.8 cm³/mol. The van der Waals surface area contributed by atoms with Gasteiger partial charge in [0.15, 0.2) is 0 Å². The van der Waals surface area contributed by atoms with Crippen molar-refractivity contribution < 1.29 is 44.6 Å². The molecule has 0 aromatic rings. The third kappa shape index (κ3) is 19.5. The molecule has 0 saturated heterocycles. The quantitative estimate of drug-likeness (QED) is 0.241. The molecule has 0 rings (SSSR count). The smallest absolute Gasteiger partial charge is 0.875 e. The number of hydrogen-bond donors (Lipinski definition) is 1. The molecule has 0 bridgehead atoms. The number of carbonyl (C=O) groups is 1. The summed E-state index contributed by atoms with van der Waals surface area (Å²) >= 11 is 0. The maximum absolute atomic E-state index is 11.4. The molecule has 0 aliphatic heterocycles. The summed E-state index contributed by atoms with van der Waals surface area (Å²) in [5.41, 5.74) is 0. The second kappa shape index (κ2) is 18.5. The van der Waals surface area contributed by atoms with Crippen LogP contribution in [0.3, 0.4) is 0 Å². The molecule has 0 amide bonds. The van der Waals surface area contributed by atoms with Crippen LogP contribution >= 0.6 is 0 Å². The normalized spacial score (nSPS) is 12.0. The van der Waals surface area contributed by atoms with Crippen LogP contribution in [0.4, 0.5) is 0 Å². The van der Waals surface area contributed by atoms with Crippen LogP contribution in [0.25, 0.3) is 0 Å². The summed E-state index contributed by atoms with van der Waals surface area (Å²) in [4.78, 5) is 10.3. The molecule has 0 saturated carbocycles. The zero-order chi connectivity index (χ0) is 15.8. The van der Waals surface area contributed by atoms with E-state index in [4.69, 9.17) is 5.11 Å². The minimum absolute atomic E-state index is 0. The molecule has 0 atom stereocenters. The van der Waals surface area contributed by atoms with Gasteiger partial charge in [0.05, 0.1) is 0 Å². The fraction of sp³-hybridized carbons (Fsp3) is 0.611. The Labute approximate surface area is 157 Å². The van der Waals surface area contributed by atoms with Crippen molar-refractivity contribution in [1.82, 2.24) is 0 Å². The Kier molecular flexibility index (Phi) is 20.0. The molecular formula is C18H29NaO3. The molecule has 4 heteroatoms. The van der Waals surface area contributed by atoms with Gasteiger partial charge in [0.2, 0.25) is 0 Å². The maximum Gasteiger partial charge on any atom is 1.00 e. The topological polar surface area (TPSA) is 60.4 Å². The van der Waals surface area contributed by atoms with Gasteiger partial charge < -0.3 is 10.2 Å². The van der Waals surface area contributed by atoms with E-state index in [1.54, 1.807) is 6.08 Å². The monoisotopic (exact) mass is 316 g/mol. The molecule has 0 aromatic heterocycles. The van der Waals surface area contributed by atoms with E-state index < -0.39 is 5.97 Å². The average molecular weight is 316 g/mol. The van der Waals surface area contributed by atoms with E-state index in [0.717, 1.165) is 51.4 Å². The van der Waals surface area contributed by atoms with Crippen LogP contribution in [0.1, 0.15) is 71.1 Å². The average Bonchev–Trinajstić information content (AvgIpc) is 2.44. The van der Waals surface area contributed by atoms with Crippen LogP contribution < -0.4 is 34.7 Å². The summed E-state index contributed by atoms with van der Waals surface area (Å²) in [5.74, 6) is -0.517. The van der Waals surface area contributed by atoms with Crippen LogP contribution in [0.2, 0.25) is 0 Å². The van der Waals surface area contributed by atoms with Crippen molar-refractivity contribution in [3.05, 3.63) is 36.1 Å². The summed E-state index contributed by atoms with van der Waals surface area (Å²) in [6, 6.07) is 0. The number of aliphatic carboxylic acids is 1. The SMILES string of the molecule is CC/C=C\C/C([O-])=C\C/C=C\CCCCCCCC(=O)O.[Na+]. The molecule has 0 fully saturated rings. The molecule has 22 heavy (non-hydrogen) atoms. The van der Waals surface area contributed by atoms with Crippen LogP contribution in [0, 0.1) is 0 Å². The number of rotatable bonds is 13. The van der Waals surface area contributed by atoms with E-state index in [1.165, 1.54) is 0 Å². The number of unbranched alkanes of at least 4 members (excludes halogenated alkanes) is 5. The number of hydrogen-bond acceptors (Lipinski definition) is 2. The van der Waals surface area contributed by atoms with Crippen molar-refractivity contribution in [2.45, 2.75) is 71.1 Å². The molecule has 120 valence electrons. The van der Waals surface area contributed by atoms with Crippen molar-refractivity contribution in [2.75, 3.05) is 0 Å². The number of carboxylic acids is 1. The largest absolute Gasteiger partial charge is 1.00 e. The summed E-state index contributed by atoms with van der Waals surface area (Å²) < 4.78 is 0. The molecule has 0 radical (unpaired) electrons. The fourth-order valence-corrected chi connectivity index (χ4v) is 1.93. The van der Waals surface area contributed by atoms with E-state index >= 15 is 0 Å². The molecule has 0 spiro atoms. The molecular weight excluding hydrogens is 287 g/mol.